The monoisotopic (exact) mass is 264 g/mol. The van der Waals surface area contributed by atoms with Crippen molar-refractivity contribution in [2.45, 2.75) is 6.92 Å². The van der Waals surface area contributed by atoms with Crippen LogP contribution in [0.3, 0.4) is 0 Å². The van der Waals surface area contributed by atoms with E-state index in [1.807, 2.05) is 0 Å². The lowest BCUT2D eigenvalue weighted by atomic mass is 10.1. The first-order valence-corrected chi connectivity index (χ1v) is 5.64. The average molecular weight is 265 g/mol. The van der Waals surface area contributed by atoms with Crippen molar-refractivity contribution < 1.29 is 9.18 Å². The quantitative estimate of drug-likeness (QED) is 0.903. The molecule has 0 atom stereocenters. The molecule has 0 saturated heterocycles. The molecule has 0 aliphatic heterocycles. The molecule has 0 aliphatic rings. The third-order valence-electron chi connectivity index (χ3n) is 2.41. The number of aryl methyl sites for hydroxylation is 1. The fraction of sp³-hybridized carbons (Fsp3) is 0.0769. The van der Waals surface area contributed by atoms with Crippen LogP contribution in [0.25, 0.3) is 0 Å². The second-order valence-electron chi connectivity index (χ2n) is 3.75. The Morgan fingerprint density at radius 3 is 2.83 bits per heavy atom. The molecule has 1 heterocycles. The summed E-state index contributed by atoms with van der Waals surface area (Å²) in [5.41, 5.74) is 0.769. The average Bonchev–Trinajstić information content (AvgIpc) is 2.35. The van der Waals surface area contributed by atoms with Crippen LogP contribution in [0.4, 0.5) is 10.2 Å². The number of rotatable bonds is 2. The fourth-order valence-corrected chi connectivity index (χ4v) is 1.61. The van der Waals surface area contributed by atoms with Gasteiger partial charge in [-0.1, -0.05) is 11.6 Å². The molecule has 92 valence electrons. The van der Waals surface area contributed by atoms with E-state index in [4.69, 9.17) is 11.6 Å². The SMILES string of the molecule is Cc1cc(C(=O)Nc2ncccc2Cl)ccc1F. The molecule has 5 heteroatoms. The third kappa shape index (κ3) is 2.65. The highest BCUT2D eigenvalue weighted by Gasteiger charge is 2.10. The van der Waals surface area contributed by atoms with E-state index in [0.29, 0.717) is 16.1 Å². The Kier molecular flexibility index (Phi) is 3.58. The molecule has 18 heavy (non-hydrogen) atoms. The molecule has 2 aromatic rings. The van der Waals surface area contributed by atoms with Crippen LogP contribution < -0.4 is 5.32 Å². The first-order chi connectivity index (χ1) is 8.58. The molecule has 1 aromatic carbocycles. The van der Waals surface area contributed by atoms with Gasteiger partial charge in [-0.2, -0.15) is 0 Å². The molecular weight excluding hydrogens is 255 g/mol. The predicted molar refractivity (Wildman–Crippen MR) is 68.3 cm³/mol. The van der Waals surface area contributed by atoms with E-state index in [-0.39, 0.29) is 17.5 Å². The third-order valence-corrected chi connectivity index (χ3v) is 2.72. The first kappa shape index (κ1) is 12.5. The Morgan fingerprint density at radius 2 is 2.17 bits per heavy atom. The summed E-state index contributed by atoms with van der Waals surface area (Å²) in [6.07, 6.45) is 1.53. The summed E-state index contributed by atoms with van der Waals surface area (Å²) in [6.45, 7) is 1.60. The summed E-state index contributed by atoms with van der Waals surface area (Å²) >= 11 is 5.88. The zero-order valence-corrected chi connectivity index (χ0v) is 10.3. The Bertz CT molecular complexity index is 601. The van der Waals surface area contributed by atoms with Gasteiger partial charge in [-0.25, -0.2) is 9.37 Å². The van der Waals surface area contributed by atoms with Gasteiger partial charge in [0.25, 0.3) is 5.91 Å². The lowest BCUT2D eigenvalue weighted by Crippen LogP contribution is -2.13. The number of anilines is 1. The molecule has 0 radical (unpaired) electrons. The van der Waals surface area contributed by atoms with Crippen LogP contribution in [0.15, 0.2) is 36.5 Å². The normalized spacial score (nSPS) is 10.2. The second-order valence-corrected chi connectivity index (χ2v) is 4.16. The van der Waals surface area contributed by atoms with Gasteiger partial charge in [0.1, 0.15) is 5.82 Å². The van der Waals surface area contributed by atoms with Crippen LogP contribution in [-0.2, 0) is 0 Å². The maximum absolute atomic E-state index is 13.1. The van der Waals surface area contributed by atoms with Gasteiger partial charge in [0.15, 0.2) is 5.82 Å². The van der Waals surface area contributed by atoms with Gasteiger partial charge in [-0.15, -0.1) is 0 Å². The van der Waals surface area contributed by atoms with E-state index in [1.165, 1.54) is 24.4 Å². The molecule has 1 aromatic heterocycles. The molecule has 2 rings (SSSR count). The molecule has 0 saturated carbocycles. The minimum absolute atomic E-state index is 0.283. The Balaban J connectivity index is 2.22. The van der Waals surface area contributed by atoms with Gasteiger partial charge in [0.2, 0.25) is 0 Å². The van der Waals surface area contributed by atoms with Crippen molar-refractivity contribution in [2.75, 3.05) is 5.32 Å². The number of carbonyl (C=O) groups excluding carboxylic acids is 1. The summed E-state index contributed by atoms with van der Waals surface area (Å²) in [5, 5.41) is 2.92. The van der Waals surface area contributed by atoms with Crippen molar-refractivity contribution in [1.29, 1.82) is 0 Å². The van der Waals surface area contributed by atoms with Gasteiger partial charge in [-0.3, -0.25) is 4.79 Å². The molecule has 1 amide bonds. The van der Waals surface area contributed by atoms with Crippen LogP contribution in [0.2, 0.25) is 5.02 Å². The fourth-order valence-electron chi connectivity index (χ4n) is 1.44. The maximum Gasteiger partial charge on any atom is 0.256 e. The highest BCUT2D eigenvalue weighted by atomic mass is 35.5. The molecule has 0 aliphatic carbocycles. The van der Waals surface area contributed by atoms with Crippen molar-refractivity contribution in [3.8, 4) is 0 Å². The van der Waals surface area contributed by atoms with Gasteiger partial charge >= 0.3 is 0 Å². The molecule has 3 nitrogen and oxygen atoms in total. The summed E-state index contributed by atoms with van der Waals surface area (Å²) in [7, 11) is 0. The summed E-state index contributed by atoms with van der Waals surface area (Å²) in [5.74, 6) is -0.438. The van der Waals surface area contributed by atoms with Gasteiger partial charge in [0.05, 0.1) is 5.02 Å². The van der Waals surface area contributed by atoms with E-state index in [0.717, 1.165) is 0 Å². The summed E-state index contributed by atoms with van der Waals surface area (Å²) in [6, 6.07) is 7.43. The number of nitrogens with one attached hydrogen (secondary N) is 1. The van der Waals surface area contributed by atoms with Crippen molar-refractivity contribution in [2.24, 2.45) is 0 Å². The second kappa shape index (κ2) is 5.14. The number of aromatic nitrogens is 1. The topological polar surface area (TPSA) is 42.0 Å². The minimum Gasteiger partial charge on any atom is -0.305 e. The van der Waals surface area contributed by atoms with Crippen LogP contribution >= 0.6 is 11.6 Å². The highest BCUT2D eigenvalue weighted by Crippen LogP contribution is 2.18. The standard InChI is InChI=1S/C13H10ClFN2O/c1-8-7-9(4-5-11(8)15)13(18)17-12-10(14)3-2-6-16-12/h2-7H,1H3,(H,16,17,18). The van der Waals surface area contributed by atoms with Crippen molar-refractivity contribution >= 4 is 23.3 Å². The van der Waals surface area contributed by atoms with Crippen molar-refractivity contribution in [3.63, 3.8) is 0 Å². The maximum atomic E-state index is 13.1. The van der Waals surface area contributed by atoms with E-state index >= 15 is 0 Å². The van der Waals surface area contributed by atoms with Crippen molar-refractivity contribution in [3.05, 3.63) is 58.5 Å². The smallest absolute Gasteiger partial charge is 0.256 e. The highest BCUT2D eigenvalue weighted by molar-refractivity contribution is 6.33. The predicted octanol–water partition coefficient (Wildman–Crippen LogP) is 3.43. The largest absolute Gasteiger partial charge is 0.305 e. The molecule has 1 N–H and O–H groups in total. The lowest BCUT2D eigenvalue weighted by Gasteiger charge is -2.06. The zero-order valence-electron chi connectivity index (χ0n) is 9.58. The van der Waals surface area contributed by atoms with E-state index in [2.05, 4.69) is 10.3 Å². The number of pyridine rings is 1. The van der Waals surface area contributed by atoms with Crippen LogP contribution in [0.1, 0.15) is 15.9 Å². The molecule has 0 unspecified atom stereocenters. The van der Waals surface area contributed by atoms with Crippen LogP contribution in [0.5, 0.6) is 0 Å². The van der Waals surface area contributed by atoms with E-state index in [1.54, 1.807) is 19.1 Å². The van der Waals surface area contributed by atoms with Crippen LogP contribution in [-0.4, -0.2) is 10.9 Å². The molecule has 0 fully saturated rings. The number of benzene rings is 1. The molecule has 0 bridgehead atoms. The number of hydrogen-bond donors (Lipinski definition) is 1. The summed E-state index contributed by atoms with van der Waals surface area (Å²) < 4.78 is 13.1. The Hall–Kier alpha value is -1.94. The molecular formula is C13H10ClFN2O. The van der Waals surface area contributed by atoms with E-state index < -0.39 is 0 Å². The van der Waals surface area contributed by atoms with Gasteiger partial charge in [0, 0.05) is 11.8 Å². The summed E-state index contributed by atoms with van der Waals surface area (Å²) in [4.78, 5) is 15.8. The van der Waals surface area contributed by atoms with Crippen LogP contribution in [0, 0.1) is 12.7 Å². The Morgan fingerprint density at radius 1 is 1.39 bits per heavy atom. The number of hydrogen-bond acceptors (Lipinski definition) is 2. The zero-order chi connectivity index (χ0) is 13.1. The van der Waals surface area contributed by atoms with Crippen molar-refractivity contribution in [1.82, 2.24) is 4.98 Å². The Labute approximate surface area is 109 Å². The minimum atomic E-state index is -0.376. The number of amides is 1. The lowest BCUT2D eigenvalue weighted by molar-refractivity contribution is 0.102. The van der Waals surface area contributed by atoms with Gasteiger partial charge < -0.3 is 5.32 Å². The van der Waals surface area contributed by atoms with Gasteiger partial charge in [-0.05, 0) is 42.8 Å². The molecule has 0 spiro atoms. The number of nitrogens with zero attached hydrogens (tertiary/aromatic N) is 1. The number of halogens is 2. The van der Waals surface area contributed by atoms with E-state index in [9.17, 15) is 9.18 Å². The number of carbonyl (C=O) groups is 1. The first-order valence-electron chi connectivity index (χ1n) is 5.26.